The van der Waals surface area contributed by atoms with Gasteiger partial charge in [0, 0.05) is 5.69 Å². The molecule has 3 rings (SSSR count). The van der Waals surface area contributed by atoms with Gasteiger partial charge in [0.05, 0.1) is 27.1 Å². The summed E-state index contributed by atoms with van der Waals surface area (Å²) >= 11 is 0. The number of carbonyl (C=O) groups is 2. The van der Waals surface area contributed by atoms with Gasteiger partial charge in [-0.1, -0.05) is 0 Å². The van der Waals surface area contributed by atoms with Gasteiger partial charge in [-0.2, -0.15) is 0 Å². The van der Waals surface area contributed by atoms with Gasteiger partial charge in [-0.15, -0.1) is 0 Å². The summed E-state index contributed by atoms with van der Waals surface area (Å²) in [6, 6.07) is 6.82. The highest BCUT2D eigenvalue weighted by Crippen LogP contribution is 2.29. The molecule has 1 unspecified atom stereocenters. The van der Waals surface area contributed by atoms with Gasteiger partial charge >= 0.3 is 12.0 Å². The maximum atomic E-state index is 12.2. The van der Waals surface area contributed by atoms with Crippen LogP contribution in [-0.2, 0) is 4.52 Å². The molecule has 2 aliphatic rings. The Bertz CT molecular complexity index is 555. The number of rotatable bonds is 2. The van der Waals surface area contributed by atoms with E-state index in [1.807, 2.05) is 9.47 Å². The van der Waals surface area contributed by atoms with Gasteiger partial charge in [0.15, 0.2) is 0 Å². The third-order valence-corrected chi connectivity index (χ3v) is 4.37. The lowest BCUT2D eigenvalue weighted by molar-refractivity contribution is 0.0765. The van der Waals surface area contributed by atoms with Crippen LogP contribution in [0.5, 0.6) is 0 Å². The molecule has 1 spiro atoms. The van der Waals surface area contributed by atoms with Crippen LogP contribution >= 0.6 is 9.47 Å². The van der Waals surface area contributed by atoms with Gasteiger partial charge in [-0.3, -0.25) is 4.90 Å². The van der Waals surface area contributed by atoms with Crippen LogP contribution in [0.25, 0.3) is 0 Å². The van der Waals surface area contributed by atoms with Crippen molar-refractivity contribution in [2.75, 3.05) is 24.5 Å². The predicted molar refractivity (Wildman–Crippen MR) is 82.3 cm³/mol. The van der Waals surface area contributed by atoms with E-state index in [2.05, 4.69) is 15.2 Å². The highest BCUT2D eigenvalue weighted by molar-refractivity contribution is 7.10. The zero-order valence-electron chi connectivity index (χ0n) is 11.6. The quantitative estimate of drug-likeness (QED) is 0.808. The molecule has 112 valence electrons. The number of hydrogen-bond acceptors (Lipinski definition) is 4. The molecule has 1 aromatic carbocycles. The van der Waals surface area contributed by atoms with Crippen molar-refractivity contribution >= 4 is 27.2 Å². The summed E-state index contributed by atoms with van der Waals surface area (Å²) in [6.45, 7) is 2.51. The van der Waals surface area contributed by atoms with Crippen LogP contribution in [0.2, 0.25) is 0 Å². The number of carbonyl (C=O) groups excluding carboxylic acids is 2. The molecule has 0 bridgehead atoms. The third kappa shape index (κ3) is 2.74. The van der Waals surface area contributed by atoms with Crippen LogP contribution in [0.4, 0.5) is 10.5 Å². The highest BCUT2D eigenvalue weighted by Gasteiger charge is 2.43. The first kappa shape index (κ1) is 14.3. The Morgan fingerprint density at radius 2 is 1.90 bits per heavy atom. The lowest BCUT2D eigenvalue weighted by Gasteiger charge is -2.32. The van der Waals surface area contributed by atoms with Crippen molar-refractivity contribution in [3.63, 3.8) is 0 Å². The van der Waals surface area contributed by atoms with Crippen LogP contribution < -0.4 is 15.5 Å². The minimum Gasteiger partial charge on any atom is -0.448 e. The number of benzene rings is 1. The molecular weight excluding hydrogens is 289 g/mol. The van der Waals surface area contributed by atoms with Crippen molar-refractivity contribution in [1.29, 1.82) is 0 Å². The number of urea groups is 1. The molecule has 21 heavy (non-hydrogen) atoms. The molecule has 2 amide bonds. The van der Waals surface area contributed by atoms with Gasteiger partial charge in [0.2, 0.25) is 0 Å². The van der Waals surface area contributed by atoms with Gasteiger partial charge in [-0.05, 0) is 50.2 Å². The van der Waals surface area contributed by atoms with Crippen molar-refractivity contribution in [1.82, 2.24) is 10.6 Å². The van der Waals surface area contributed by atoms with Crippen LogP contribution in [-0.4, -0.2) is 37.2 Å². The fourth-order valence-corrected chi connectivity index (χ4v) is 3.09. The summed E-state index contributed by atoms with van der Waals surface area (Å²) in [4.78, 5) is 25.4. The number of amides is 2. The molecule has 2 saturated heterocycles. The largest absolute Gasteiger partial charge is 0.448 e. The van der Waals surface area contributed by atoms with Crippen LogP contribution in [0.3, 0.4) is 0 Å². The summed E-state index contributed by atoms with van der Waals surface area (Å²) in [5.74, 6) is -0.410. The first-order chi connectivity index (χ1) is 10.1. The Morgan fingerprint density at radius 3 is 2.52 bits per heavy atom. The zero-order valence-corrected chi connectivity index (χ0v) is 12.7. The van der Waals surface area contributed by atoms with Crippen LogP contribution in [0.1, 0.15) is 23.2 Å². The summed E-state index contributed by atoms with van der Waals surface area (Å²) in [5.41, 5.74) is 1.13. The second kappa shape index (κ2) is 5.62. The average Bonchev–Trinajstić information content (AvgIpc) is 2.83. The first-order valence-electron chi connectivity index (χ1n) is 6.95. The van der Waals surface area contributed by atoms with Crippen molar-refractivity contribution in [3.8, 4) is 0 Å². The molecule has 2 N–H and O–H groups in total. The first-order valence-corrected chi connectivity index (χ1v) is 7.42. The summed E-state index contributed by atoms with van der Waals surface area (Å²) < 4.78 is 4.59. The molecule has 1 aromatic rings. The Balaban J connectivity index is 1.77. The lowest BCUT2D eigenvalue weighted by Crippen LogP contribution is -2.51. The van der Waals surface area contributed by atoms with E-state index in [0.717, 1.165) is 31.6 Å². The van der Waals surface area contributed by atoms with Gasteiger partial charge in [-0.25, -0.2) is 9.59 Å². The van der Waals surface area contributed by atoms with Crippen molar-refractivity contribution in [3.05, 3.63) is 29.8 Å². The summed E-state index contributed by atoms with van der Waals surface area (Å²) in [5, 5.41) is 6.43. The minimum atomic E-state index is -0.410. The third-order valence-electron chi connectivity index (χ3n) is 4.16. The van der Waals surface area contributed by atoms with Gasteiger partial charge in [0.25, 0.3) is 0 Å². The maximum absolute atomic E-state index is 12.2. The zero-order chi connectivity index (χ0) is 14.9. The smallest absolute Gasteiger partial charge is 0.340 e. The van der Waals surface area contributed by atoms with E-state index >= 15 is 0 Å². The second-order valence-electron chi connectivity index (χ2n) is 5.50. The molecule has 0 saturated carbocycles. The average molecular weight is 307 g/mol. The molecule has 2 aliphatic heterocycles. The van der Waals surface area contributed by atoms with Crippen molar-refractivity contribution < 1.29 is 14.1 Å². The molecule has 2 fully saturated rings. The SMILES string of the molecule is O=C(OP)c1ccc(N2CC3(CCNCC3)NC2=O)cc1. The summed E-state index contributed by atoms with van der Waals surface area (Å²) in [6.07, 6.45) is 1.87. The monoisotopic (exact) mass is 307 g/mol. The van der Waals surface area contributed by atoms with Crippen molar-refractivity contribution in [2.45, 2.75) is 18.4 Å². The number of nitrogens with zero attached hydrogens (tertiary/aromatic N) is 1. The van der Waals surface area contributed by atoms with E-state index in [4.69, 9.17) is 0 Å². The normalized spacial score (nSPS) is 20.4. The molecule has 0 aliphatic carbocycles. The predicted octanol–water partition coefficient (Wildman–Crippen LogP) is 1.29. The number of nitrogens with one attached hydrogen (secondary N) is 2. The molecule has 1 atom stereocenters. The number of hydrogen-bond donors (Lipinski definition) is 2. The van der Waals surface area contributed by atoms with Gasteiger partial charge < -0.3 is 15.2 Å². The topological polar surface area (TPSA) is 70.7 Å². The van der Waals surface area contributed by atoms with E-state index in [0.29, 0.717) is 12.1 Å². The standard InChI is InChI=1S/C14H18N3O3P/c18-12(20-21)10-1-3-11(4-2-10)17-9-14(16-13(17)19)5-7-15-8-6-14/h1-4,15H,5-9,21H2,(H,16,19). The summed E-state index contributed by atoms with van der Waals surface area (Å²) in [7, 11) is 1.94. The fraction of sp³-hybridized carbons (Fsp3) is 0.429. The Kier molecular flexibility index (Phi) is 3.83. The van der Waals surface area contributed by atoms with Crippen LogP contribution in [0, 0.1) is 0 Å². The fourth-order valence-electron chi connectivity index (χ4n) is 2.95. The molecule has 7 heteroatoms. The number of piperidine rings is 1. The molecule has 0 radical (unpaired) electrons. The number of anilines is 1. The molecule has 6 nitrogen and oxygen atoms in total. The molecule has 0 aromatic heterocycles. The van der Waals surface area contributed by atoms with E-state index in [1.54, 1.807) is 29.2 Å². The van der Waals surface area contributed by atoms with E-state index in [1.165, 1.54) is 0 Å². The van der Waals surface area contributed by atoms with E-state index < -0.39 is 5.97 Å². The Labute approximate surface area is 125 Å². The second-order valence-corrected chi connectivity index (χ2v) is 5.73. The highest BCUT2D eigenvalue weighted by atomic mass is 31.0. The minimum absolute atomic E-state index is 0.0710. The van der Waals surface area contributed by atoms with E-state index in [-0.39, 0.29) is 11.6 Å². The van der Waals surface area contributed by atoms with E-state index in [9.17, 15) is 9.59 Å². The Hall–Kier alpha value is -1.65. The van der Waals surface area contributed by atoms with Crippen molar-refractivity contribution in [2.24, 2.45) is 0 Å². The Morgan fingerprint density at radius 1 is 1.24 bits per heavy atom. The molecule has 2 heterocycles. The van der Waals surface area contributed by atoms with Crippen LogP contribution in [0.15, 0.2) is 24.3 Å². The maximum Gasteiger partial charge on any atom is 0.340 e. The lowest BCUT2D eigenvalue weighted by atomic mass is 9.89. The van der Waals surface area contributed by atoms with Gasteiger partial charge in [0.1, 0.15) is 0 Å². The molecular formula is C14H18N3O3P.